The molecule has 0 aliphatic carbocycles. The van der Waals surface area contributed by atoms with Crippen LogP contribution in [0.2, 0.25) is 0 Å². The van der Waals surface area contributed by atoms with Crippen LogP contribution in [0.3, 0.4) is 0 Å². The lowest BCUT2D eigenvalue weighted by Gasteiger charge is -2.13. The van der Waals surface area contributed by atoms with E-state index in [0.29, 0.717) is 29.0 Å². The highest BCUT2D eigenvalue weighted by Gasteiger charge is 2.23. The first-order valence-corrected chi connectivity index (χ1v) is 10.9. The zero-order valence-electron chi connectivity index (χ0n) is 17.2. The first-order valence-electron chi connectivity index (χ1n) is 10.1. The van der Waals surface area contributed by atoms with Crippen LogP contribution < -0.4 is 14.8 Å². The summed E-state index contributed by atoms with van der Waals surface area (Å²) in [5, 5.41) is 11.8. The summed E-state index contributed by atoms with van der Waals surface area (Å²) in [5.41, 5.74) is 1.83. The number of ether oxygens (including phenoxy) is 2. The minimum Gasteiger partial charge on any atom is -0.461 e. The topological polar surface area (TPSA) is 91.4 Å². The third-order valence-corrected chi connectivity index (χ3v) is 5.99. The monoisotopic (exact) mass is 448 g/mol. The number of para-hydroxylation sites is 1. The predicted molar refractivity (Wildman–Crippen MR) is 119 cm³/mol. The van der Waals surface area contributed by atoms with E-state index in [1.807, 2.05) is 66.1 Å². The number of carbonyl (C=O) groups excluding carboxylic acids is 1. The summed E-state index contributed by atoms with van der Waals surface area (Å²) in [5.74, 6) is 2.50. The van der Waals surface area contributed by atoms with Crippen LogP contribution in [0.5, 0.6) is 11.5 Å². The molecule has 1 aliphatic rings. The molecule has 4 aromatic rings. The Balaban J connectivity index is 1.31. The predicted octanol–water partition coefficient (Wildman–Crippen LogP) is 4.05. The number of hydrogen-bond acceptors (Lipinski definition) is 7. The van der Waals surface area contributed by atoms with Crippen LogP contribution in [0.1, 0.15) is 12.5 Å². The molecule has 2 aromatic heterocycles. The Bertz CT molecular complexity index is 1220. The molecule has 8 nitrogen and oxygen atoms in total. The molecule has 162 valence electrons. The van der Waals surface area contributed by atoms with E-state index in [-0.39, 0.29) is 18.0 Å². The molecule has 32 heavy (non-hydrogen) atoms. The van der Waals surface area contributed by atoms with Crippen molar-refractivity contribution in [2.24, 2.45) is 0 Å². The molecule has 0 spiro atoms. The third-order valence-electron chi connectivity index (χ3n) is 4.94. The molecule has 1 aliphatic heterocycles. The Labute approximate surface area is 188 Å². The van der Waals surface area contributed by atoms with Crippen molar-refractivity contribution in [1.29, 1.82) is 0 Å². The van der Waals surface area contributed by atoms with Crippen molar-refractivity contribution >= 4 is 17.7 Å². The number of amides is 1. The van der Waals surface area contributed by atoms with E-state index in [1.54, 1.807) is 12.3 Å². The Morgan fingerprint density at radius 3 is 2.75 bits per heavy atom. The number of benzene rings is 2. The molecule has 3 heterocycles. The van der Waals surface area contributed by atoms with Gasteiger partial charge in [-0.1, -0.05) is 36.0 Å². The lowest BCUT2D eigenvalue weighted by atomic mass is 10.2. The molecule has 5 rings (SSSR count). The molecule has 0 unspecified atom stereocenters. The van der Waals surface area contributed by atoms with Crippen molar-refractivity contribution in [2.75, 3.05) is 6.79 Å². The largest absolute Gasteiger partial charge is 0.461 e. The summed E-state index contributed by atoms with van der Waals surface area (Å²) < 4.78 is 18.2. The number of nitrogens with zero attached hydrogens (tertiary/aromatic N) is 3. The highest BCUT2D eigenvalue weighted by atomic mass is 32.2. The second-order valence-corrected chi connectivity index (χ2v) is 8.43. The molecule has 0 saturated carbocycles. The lowest BCUT2D eigenvalue weighted by Crippen LogP contribution is -2.30. The van der Waals surface area contributed by atoms with Crippen LogP contribution in [0.25, 0.3) is 17.3 Å². The van der Waals surface area contributed by atoms with E-state index in [1.165, 1.54) is 11.8 Å². The molecule has 9 heteroatoms. The van der Waals surface area contributed by atoms with Crippen LogP contribution in [0, 0.1) is 0 Å². The van der Waals surface area contributed by atoms with Crippen LogP contribution in [0.4, 0.5) is 0 Å². The molecule has 0 saturated heterocycles. The molecular weight excluding hydrogens is 428 g/mol. The molecular formula is C23H20N4O4S. The number of carbonyl (C=O) groups is 1. The van der Waals surface area contributed by atoms with Gasteiger partial charge in [-0.25, -0.2) is 0 Å². The summed E-state index contributed by atoms with van der Waals surface area (Å²) in [4.78, 5) is 12.8. The Kier molecular flexibility index (Phi) is 5.55. The van der Waals surface area contributed by atoms with Gasteiger partial charge in [0.05, 0.1) is 11.5 Å². The summed E-state index contributed by atoms with van der Waals surface area (Å²) in [6.07, 6.45) is 1.60. The maximum absolute atomic E-state index is 12.8. The van der Waals surface area contributed by atoms with Crippen molar-refractivity contribution in [3.8, 4) is 28.8 Å². The number of rotatable bonds is 7. The fourth-order valence-corrected chi connectivity index (χ4v) is 4.21. The fraction of sp³-hybridized carbons (Fsp3) is 0.174. The first kappa shape index (κ1) is 20.2. The van der Waals surface area contributed by atoms with Crippen LogP contribution in [-0.4, -0.2) is 32.7 Å². The molecule has 2 aromatic carbocycles. The second kappa shape index (κ2) is 8.80. The van der Waals surface area contributed by atoms with Crippen LogP contribution in [-0.2, 0) is 11.3 Å². The molecule has 0 radical (unpaired) electrons. The van der Waals surface area contributed by atoms with E-state index in [0.717, 1.165) is 17.0 Å². The number of thioether (sulfide) groups is 1. The van der Waals surface area contributed by atoms with Crippen molar-refractivity contribution in [3.63, 3.8) is 0 Å². The van der Waals surface area contributed by atoms with Gasteiger partial charge in [0.15, 0.2) is 22.4 Å². The molecule has 0 bridgehead atoms. The van der Waals surface area contributed by atoms with Gasteiger partial charge in [-0.3, -0.25) is 9.36 Å². The maximum Gasteiger partial charge on any atom is 0.233 e. The van der Waals surface area contributed by atoms with E-state index in [9.17, 15) is 4.79 Å². The first-order chi connectivity index (χ1) is 15.7. The third kappa shape index (κ3) is 4.06. The number of furan rings is 1. The number of fused-ring (bicyclic) bond motifs is 1. The molecule has 0 fully saturated rings. The quantitative estimate of drug-likeness (QED) is 0.427. The van der Waals surface area contributed by atoms with Crippen LogP contribution >= 0.6 is 11.8 Å². The highest BCUT2D eigenvalue weighted by molar-refractivity contribution is 8.00. The summed E-state index contributed by atoms with van der Waals surface area (Å²) in [6.45, 7) is 2.46. The number of aromatic nitrogens is 3. The van der Waals surface area contributed by atoms with Crippen molar-refractivity contribution in [2.45, 2.75) is 23.9 Å². The van der Waals surface area contributed by atoms with Gasteiger partial charge in [-0.2, -0.15) is 0 Å². The zero-order valence-corrected chi connectivity index (χ0v) is 18.0. The van der Waals surface area contributed by atoms with Gasteiger partial charge < -0.3 is 19.2 Å². The van der Waals surface area contributed by atoms with Gasteiger partial charge >= 0.3 is 0 Å². The average molecular weight is 449 g/mol. The Hall–Kier alpha value is -3.72. The van der Waals surface area contributed by atoms with Crippen molar-refractivity contribution < 1.29 is 18.7 Å². The summed E-state index contributed by atoms with van der Waals surface area (Å²) >= 11 is 1.34. The highest BCUT2D eigenvalue weighted by Crippen LogP contribution is 2.33. The lowest BCUT2D eigenvalue weighted by molar-refractivity contribution is -0.120. The maximum atomic E-state index is 12.8. The normalized spacial score (nSPS) is 13.2. The van der Waals surface area contributed by atoms with E-state index in [2.05, 4.69) is 15.5 Å². The Morgan fingerprint density at radius 1 is 1.09 bits per heavy atom. The van der Waals surface area contributed by atoms with E-state index in [4.69, 9.17) is 13.9 Å². The average Bonchev–Trinajstić information content (AvgIpc) is 3.58. The van der Waals surface area contributed by atoms with Gasteiger partial charge in [-0.15, -0.1) is 10.2 Å². The number of hydrogen-bond donors (Lipinski definition) is 1. The van der Waals surface area contributed by atoms with Gasteiger partial charge in [-0.05, 0) is 48.9 Å². The fourth-order valence-electron chi connectivity index (χ4n) is 3.32. The second-order valence-electron chi connectivity index (χ2n) is 7.12. The van der Waals surface area contributed by atoms with E-state index < -0.39 is 0 Å². The minimum atomic E-state index is -0.389. The van der Waals surface area contributed by atoms with Gasteiger partial charge in [0.2, 0.25) is 18.5 Å². The van der Waals surface area contributed by atoms with Gasteiger partial charge in [0.1, 0.15) is 0 Å². The van der Waals surface area contributed by atoms with Crippen molar-refractivity contribution in [3.05, 3.63) is 72.5 Å². The number of nitrogens with one attached hydrogen (secondary N) is 1. The van der Waals surface area contributed by atoms with Crippen LogP contribution in [0.15, 0.2) is 76.5 Å². The molecule has 1 N–H and O–H groups in total. The zero-order chi connectivity index (χ0) is 21.9. The van der Waals surface area contributed by atoms with Gasteiger partial charge in [0.25, 0.3) is 0 Å². The minimum absolute atomic E-state index is 0.102. The van der Waals surface area contributed by atoms with Gasteiger partial charge in [0, 0.05) is 12.2 Å². The smallest absolute Gasteiger partial charge is 0.233 e. The van der Waals surface area contributed by atoms with Crippen molar-refractivity contribution in [1.82, 2.24) is 20.1 Å². The molecule has 1 atom stereocenters. The standard InChI is InChI=1S/C23H20N4O4S/c1-15(22(28)24-13-16-9-10-18-20(12-16)31-14-30-18)32-23-26-25-21(19-8-5-11-29-19)27(23)17-6-3-2-4-7-17/h2-12,15H,13-14H2,1H3,(H,24,28)/t15-/m0/s1. The Morgan fingerprint density at radius 2 is 1.94 bits per heavy atom. The van der Waals surface area contributed by atoms with E-state index >= 15 is 0 Å². The molecule has 1 amide bonds. The SMILES string of the molecule is C[C@H](Sc1nnc(-c2ccco2)n1-c1ccccc1)C(=O)NCc1ccc2c(c1)OCO2. The summed E-state index contributed by atoms with van der Waals surface area (Å²) in [7, 11) is 0. The summed E-state index contributed by atoms with van der Waals surface area (Å²) in [6, 6.07) is 19.0.